The van der Waals surface area contributed by atoms with Gasteiger partial charge in [0.2, 0.25) is 11.8 Å². The van der Waals surface area contributed by atoms with Gasteiger partial charge in [-0.05, 0) is 43.3 Å². The summed E-state index contributed by atoms with van der Waals surface area (Å²) < 4.78 is 1.93. The molecule has 3 aliphatic heterocycles. The minimum absolute atomic E-state index is 0.0262. The molecule has 3 aliphatic rings. The van der Waals surface area contributed by atoms with Crippen LogP contribution in [0.15, 0.2) is 48.8 Å². The summed E-state index contributed by atoms with van der Waals surface area (Å²) in [5.41, 5.74) is 5.36. The number of rotatable bonds is 4. The first kappa shape index (κ1) is 25.0. The molecule has 1 unspecified atom stereocenters. The van der Waals surface area contributed by atoms with Crippen molar-refractivity contribution in [2.75, 3.05) is 33.2 Å². The molecule has 1 aromatic heterocycles. The van der Waals surface area contributed by atoms with Crippen molar-refractivity contribution in [2.45, 2.75) is 25.4 Å². The van der Waals surface area contributed by atoms with Crippen LogP contribution in [0.4, 0.5) is 0 Å². The molecule has 2 saturated heterocycles. The van der Waals surface area contributed by atoms with Gasteiger partial charge in [-0.25, -0.2) is 4.98 Å². The van der Waals surface area contributed by atoms with Crippen LogP contribution in [0.25, 0.3) is 22.5 Å². The zero-order valence-electron chi connectivity index (χ0n) is 22.0. The van der Waals surface area contributed by atoms with Gasteiger partial charge in [0.15, 0.2) is 0 Å². The topological polar surface area (TPSA) is 108 Å². The third-order valence-electron chi connectivity index (χ3n) is 7.91. The molecule has 4 amide bonds. The van der Waals surface area contributed by atoms with Crippen molar-refractivity contribution in [2.24, 2.45) is 7.05 Å². The quantitative estimate of drug-likeness (QED) is 0.521. The van der Waals surface area contributed by atoms with Gasteiger partial charge in [0.25, 0.3) is 11.8 Å². The zero-order chi connectivity index (χ0) is 27.3. The molecular formula is C29H30N6O4. The molecule has 10 heteroatoms. The Morgan fingerprint density at radius 3 is 2.54 bits per heavy atom. The fourth-order valence-corrected chi connectivity index (χ4v) is 5.70. The maximum absolute atomic E-state index is 13.2. The number of piperazine rings is 1. The van der Waals surface area contributed by atoms with Crippen molar-refractivity contribution >= 4 is 23.6 Å². The molecule has 3 aromatic rings. The number of benzene rings is 2. The van der Waals surface area contributed by atoms with Gasteiger partial charge >= 0.3 is 0 Å². The first-order valence-corrected chi connectivity index (χ1v) is 13.2. The number of hydrogen-bond acceptors (Lipinski definition) is 6. The van der Waals surface area contributed by atoms with E-state index in [0.717, 1.165) is 41.2 Å². The van der Waals surface area contributed by atoms with E-state index < -0.39 is 11.9 Å². The van der Waals surface area contributed by atoms with Crippen LogP contribution in [0.5, 0.6) is 0 Å². The molecule has 0 saturated carbocycles. The lowest BCUT2D eigenvalue weighted by Crippen LogP contribution is -2.52. The summed E-state index contributed by atoms with van der Waals surface area (Å²) in [6.45, 7) is 3.43. The summed E-state index contributed by atoms with van der Waals surface area (Å²) in [5, 5.41) is 2.34. The van der Waals surface area contributed by atoms with Gasteiger partial charge in [-0.15, -0.1) is 0 Å². The highest BCUT2D eigenvalue weighted by Gasteiger charge is 2.39. The Kier molecular flexibility index (Phi) is 6.26. The summed E-state index contributed by atoms with van der Waals surface area (Å²) >= 11 is 0. The van der Waals surface area contributed by atoms with Gasteiger partial charge in [0.1, 0.15) is 6.04 Å². The molecule has 1 atom stereocenters. The lowest BCUT2D eigenvalue weighted by molar-refractivity contribution is -0.136. The monoisotopic (exact) mass is 526 g/mol. The molecule has 200 valence electrons. The molecule has 4 heterocycles. The van der Waals surface area contributed by atoms with Crippen molar-refractivity contribution in [3.8, 4) is 22.5 Å². The van der Waals surface area contributed by atoms with E-state index >= 15 is 0 Å². The number of hydrogen-bond donors (Lipinski definition) is 1. The maximum Gasteiger partial charge on any atom is 0.255 e. The van der Waals surface area contributed by atoms with E-state index in [-0.39, 0.29) is 24.1 Å². The Hall–Kier alpha value is -4.31. The fraction of sp³-hybridized carbons (Fsp3) is 0.345. The second-order valence-electron chi connectivity index (χ2n) is 10.5. The highest BCUT2D eigenvalue weighted by molar-refractivity contribution is 6.05. The first-order valence-electron chi connectivity index (χ1n) is 13.2. The molecule has 39 heavy (non-hydrogen) atoms. The van der Waals surface area contributed by atoms with E-state index in [0.29, 0.717) is 37.2 Å². The van der Waals surface area contributed by atoms with Crippen LogP contribution in [-0.4, -0.2) is 87.1 Å². The van der Waals surface area contributed by atoms with E-state index in [2.05, 4.69) is 22.2 Å². The maximum atomic E-state index is 13.2. The smallest absolute Gasteiger partial charge is 0.255 e. The van der Waals surface area contributed by atoms with Crippen LogP contribution in [0, 0.1) is 0 Å². The van der Waals surface area contributed by atoms with E-state index in [1.54, 1.807) is 17.3 Å². The molecule has 0 spiro atoms. The molecule has 6 rings (SSSR count). The van der Waals surface area contributed by atoms with Crippen molar-refractivity contribution < 1.29 is 19.2 Å². The number of carbonyl (C=O) groups is 4. The number of fused-ring (bicyclic) bond motifs is 1. The fourth-order valence-electron chi connectivity index (χ4n) is 5.70. The Labute approximate surface area is 226 Å². The summed E-state index contributed by atoms with van der Waals surface area (Å²) in [5.74, 6) is -0.911. The van der Waals surface area contributed by atoms with Gasteiger partial charge < -0.3 is 19.3 Å². The number of carbonyl (C=O) groups excluding carboxylic acids is 4. The number of amides is 4. The molecule has 2 aromatic carbocycles. The number of piperidine rings is 1. The predicted molar refractivity (Wildman–Crippen MR) is 144 cm³/mol. The number of aromatic nitrogens is 2. The minimum Gasteiger partial charge on any atom is -0.336 e. The number of imide groups is 1. The number of nitrogens with one attached hydrogen (secondary N) is 1. The average Bonchev–Trinajstić information content (AvgIpc) is 3.48. The van der Waals surface area contributed by atoms with Crippen molar-refractivity contribution in [1.82, 2.24) is 29.6 Å². The van der Waals surface area contributed by atoms with Crippen molar-refractivity contribution in [1.29, 1.82) is 0 Å². The molecule has 2 fully saturated rings. The largest absolute Gasteiger partial charge is 0.336 e. The predicted octanol–water partition coefficient (Wildman–Crippen LogP) is 1.90. The Balaban J connectivity index is 1.28. The van der Waals surface area contributed by atoms with Crippen LogP contribution in [0.3, 0.4) is 0 Å². The van der Waals surface area contributed by atoms with E-state index in [4.69, 9.17) is 0 Å². The van der Waals surface area contributed by atoms with Crippen LogP contribution >= 0.6 is 0 Å². The summed E-state index contributed by atoms with van der Waals surface area (Å²) in [4.78, 5) is 60.7. The van der Waals surface area contributed by atoms with Crippen molar-refractivity contribution in [3.63, 3.8) is 0 Å². The highest BCUT2D eigenvalue weighted by Crippen LogP contribution is 2.35. The summed E-state index contributed by atoms with van der Waals surface area (Å²) in [6.07, 6.45) is 2.29. The molecule has 1 N–H and O–H groups in total. The first-order chi connectivity index (χ1) is 18.8. The zero-order valence-corrected chi connectivity index (χ0v) is 22.0. The number of likely N-dealkylation sites (N-methyl/N-ethyl adjacent to an activating group) is 1. The lowest BCUT2D eigenvalue weighted by atomic mass is 9.99. The molecular weight excluding hydrogens is 496 g/mol. The molecule has 10 nitrogen and oxygen atoms in total. The third kappa shape index (κ3) is 4.50. The highest BCUT2D eigenvalue weighted by atomic mass is 16.2. The van der Waals surface area contributed by atoms with Crippen LogP contribution in [-0.2, 0) is 23.2 Å². The van der Waals surface area contributed by atoms with E-state index in [9.17, 15) is 19.2 Å². The third-order valence-corrected chi connectivity index (χ3v) is 7.91. The number of imidazole rings is 1. The van der Waals surface area contributed by atoms with E-state index in [1.807, 2.05) is 52.9 Å². The minimum atomic E-state index is -0.656. The Morgan fingerprint density at radius 2 is 1.77 bits per heavy atom. The van der Waals surface area contributed by atoms with Crippen LogP contribution in [0.2, 0.25) is 0 Å². The van der Waals surface area contributed by atoms with Gasteiger partial charge in [-0.3, -0.25) is 24.5 Å². The van der Waals surface area contributed by atoms with Crippen molar-refractivity contribution in [3.05, 3.63) is 65.5 Å². The molecule has 0 bridgehead atoms. The van der Waals surface area contributed by atoms with Gasteiger partial charge in [-0.1, -0.05) is 18.2 Å². The second kappa shape index (κ2) is 9.77. The van der Waals surface area contributed by atoms with Gasteiger partial charge in [-0.2, -0.15) is 0 Å². The molecule has 0 radical (unpaired) electrons. The standard InChI is InChI=1S/C29H30N6O4/c1-32-10-12-34(13-11-32)28(38)20-5-3-4-19(15-20)26-25(30-17-33(26)2)18-6-7-22-21(14-18)16-35(29(22)39)23-8-9-24(36)31-27(23)37/h3-7,14-15,17,23H,8-13,16H2,1-2H3,(H,31,36,37). The lowest BCUT2D eigenvalue weighted by Gasteiger charge is -2.32. The van der Waals surface area contributed by atoms with Crippen LogP contribution < -0.4 is 5.32 Å². The Morgan fingerprint density at radius 1 is 0.974 bits per heavy atom. The second-order valence-corrected chi connectivity index (χ2v) is 10.5. The van der Waals surface area contributed by atoms with E-state index in [1.165, 1.54) is 0 Å². The SMILES string of the molecule is CN1CCN(C(=O)c2cccc(-c3c(-c4ccc5c(c4)CN(C4CCC(=O)NC4=O)C5=O)ncn3C)c2)CC1. The summed E-state index contributed by atoms with van der Waals surface area (Å²) in [6, 6.07) is 12.6. The van der Waals surface area contributed by atoms with Crippen LogP contribution in [0.1, 0.15) is 39.1 Å². The number of nitrogens with zero attached hydrogens (tertiary/aromatic N) is 5. The van der Waals surface area contributed by atoms with Gasteiger partial charge in [0.05, 0.1) is 17.7 Å². The number of aryl methyl sites for hydroxylation is 1. The average molecular weight is 527 g/mol. The van der Waals surface area contributed by atoms with Gasteiger partial charge in [0, 0.05) is 68.4 Å². The summed E-state index contributed by atoms with van der Waals surface area (Å²) in [7, 11) is 3.98. The normalized spacial score (nSPS) is 19.8. The molecule has 0 aliphatic carbocycles. The Bertz CT molecular complexity index is 1500.